The van der Waals surface area contributed by atoms with Crippen LogP contribution in [0.25, 0.3) is 23.3 Å². The van der Waals surface area contributed by atoms with Gasteiger partial charge in [0, 0.05) is 55.3 Å². The lowest BCUT2D eigenvalue weighted by atomic mass is 10.0. The first-order chi connectivity index (χ1) is 18.6. The average Bonchev–Trinajstić information content (AvgIpc) is 3.72. The lowest BCUT2D eigenvalue weighted by Crippen LogP contribution is -2.15. The Morgan fingerprint density at radius 1 is 0.395 bits per heavy atom. The van der Waals surface area contributed by atoms with Crippen molar-refractivity contribution in [3.63, 3.8) is 0 Å². The van der Waals surface area contributed by atoms with Gasteiger partial charge in [0.25, 0.3) is 0 Å². The van der Waals surface area contributed by atoms with Gasteiger partial charge in [-0.1, -0.05) is 24.3 Å². The number of benzene rings is 2. The molecular formula is C32H24N4O2. The predicted octanol–water partition coefficient (Wildman–Crippen LogP) is 2.88. The number of aromatic hydroxyl groups is 2. The number of phenolic OH excluding ortho intramolecular Hbond substituents is 2. The van der Waals surface area contributed by atoms with Crippen molar-refractivity contribution in [2.24, 2.45) is 0 Å². The molecule has 6 N–H and O–H groups in total. The molecule has 6 aromatic rings. The van der Waals surface area contributed by atoms with Crippen LogP contribution in [0, 0.1) is 0 Å². The molecule has 1 aliphatic rings. The zero-order valence-corrected chi connectivity index (χ0v) is 20.3. The van der Waals surface area contributed by atoms with Crippen molar-refractivity contribution in [3.8, 4) is 11.5 Å². The minimum absolute atomic E-state index is 0.233. The number of aromatic amines is 4. The molecule has 5 heterocycles. The number of phenols is 2. The van der Waals surface area contributed by atoms with E-state index in [1.807, 2.05) is 24.3 Å². The van der Waals surface area contributed by atoms with Crippen LogP contribution >= 0.6 is 0 Å². The maximum absolute atomic E-state index is 9.85. The largest absolute Gasteiger partial charge is 0.508 e. The third-order valence-electron chi connectivity index (χ3n) is 6.85. The van der Waals surface area contributed by atoms with Gasteiger partial charge in [0.05, 0.1) is 0 Å². The fourth-order valence-corrected chi connectivity index (χ4v) is 5.07. The van der Waals surface area contributed by atoms with Crippen LogP contribution in [0.3, 0.4) is 0 Å². The predicted molar refractivity (Wildman–Crippen MR) is 148 cm³/mol. The van der Waals surface area contributed by atoms with E-state index in [1.165, 1.54) is 0 Å². The van der Waals surface area contributed by atoms with Crippen LogP contribution in [-0.2, 0) is 0 Å². The molecule has 38 heavy (non-hydrogen) atoms. The van der Waals surface area contributed by atoms with Gasteiger partial charge >= 0.3 is 0 Å². The van der Waals surface area contributed by atoms with E-state index < -0.39 is 0 Å². The highest BCUT2D eigenvalue weighted by Gasteiger charge is 2.12. The second-order valence-electron chi connectivity index (χ2n) is 9.44. The Morgan fingerprint density at radius 2 is 0.816 bits per heavy atom. The van der Waals surface area contributed by atoms with E-state index in [0.29, 0.717) is 0 Å². The van der Waals surface area contributed by atoms with Gasteiger partial charge in [0.1, 0.15) is 11.5 Å². The van der Waals surface area contributed by atoms with Gasteiger partial charge in [-0.3, -0.25) is 0 Å². The molecule has 8 bridgehead atoms. The number of rotatable bonds is 2. The molecule has 4 aromatic heterocycles. The Kier molecular flexibility index (Phi) is 4.97. The van der Waals surface area contributed by atoms with Crippen molar-refractivity contribution >= 4 is 23.3 Å². The molecule has 0 radical (unpaired) electrons. The first kappa shape index (κ1) is 21.9. The number of fused-ring (bicyclic) bond motifs is 8. The molecule has 0 aliphatic carbocycles. The highest BCUT2D eigenvalue weighted by atomic mass is 16.3. The summed E-state index contributed by atoms with van der Waals surface area (Å²) in [7, 11) is 0. The lowest BCUT2D eigenvalue weighted by Gasteiger charge is -2.06. The minimum Gasteiger partial charge on any atom is -0.508 e. The Balaban J connectivity index is 1.51. The molecule has 1 aliphatic heterocycles. The molecule has 0 saturated carbocycles. The van der Waals surface area contributed by atoms with Crippen LogP contribution < -0.4 is 21.4 Å². The average molecular weight is 497 g/mol. The highest BCUT2D eigenvalue weighted by molar-refractivity contribution is 5.79. The second-order valence-corrected chi connectivity index (χ2v) is 9.44. The number of H-pyrrole nitrogens is 4. The van der Waals surface area contributed by atoms with E-state index in [4.69, 9.17) is 0 Å². The second kappa shape index (κ2) is 8.64. The van der Waals surface area contributed by atoms with Crippen LogP contribution in [0.5, 0.6) is 11.5 Å². The van der Waals surface area contributed by atoms with Crippen LogP contribution in [-0.4, -0.2) is 30.1 Å². The van der Waals surface area contributed by atoms with Crippen molar-refractivity contribution in [2.75, 3.05) is 0 Å². The maximum atomic E-state index is 9.85. The Hall–Kier alpha value is -5.36. The topological polar surface area (TPSA) is 104 Å². The van der Waals surface area contributed by atoms with E-state index >= 15 is 0 Å². The van der Waals surface area contributed by atoms with Crippen molar-refractivity contribution in [1.29, 1.82) is 0 Å². The fourth-order valence-electron chi connectivity index (χ4n) is 5.07. The van der Waals surface area contributed by atoms with Crippen molar-refractivity contribution in [1.82, 2.24) is 19.9 Å². The maximum Gasteiger partial charge on any atom is 0.115 e. The van der Waals surface area contributed by atoms with E-state index in [9.17, 15) is 10.2 Å². The van der Waals surface area contributed by atoms with Crippen LogP contribution in [0.2, 0.25) is 0 Å². The van der Waals surface area contributed by atoms with Crippen LogP contribution in [0.4, 0.5) is 0 Å². The summed E-state index contributed by atoms with van der Waals surface area (Å²) in [6, 6.07) is 31.1. The monoisotopic (exact) mass is 496 g/mol. The van der Waals surface area contributed by atoms with E-state index in [-0.39, 0.29) is 11.5 Å². The number of hydrogen-bond acceptors (Lipinski definition) is 2. The fraction of sp³-hybridized carbons (Fsp3) is 0. The smallest absolute Gasteiger partial charge is 0.115 e. The molecule has 0 saturated heterocycles. The molecule has 0 amide bonds. The summed E-state index contributed by atoms with van der Waals surface area (Å²) in [5.74, 6) is 0.467. The molecule has 0 spiro atoms. The molecule has 0 fully saturated rings. The number of nitrogens with one attached hydrogen (secondary N) is 4. The molecule has 0 unspecified atom stereocenters. The lowest BCUT2D eigenvalue weighted by molar-refractivity contribution is 0.474. The zero-order valence-electron chi connectivity index (χ0n) is 20.3. The number of hydrogen-bond donors (Lipinski definition) is 6. The first-order valence-electron chi connectivity index (χ1n) is 12.4. The van der Waals surface area contributed by atoms with Crippen LogP contribution in [0.1, 0.15) is 33.9 Å². The molecule has 2 aromatic carbocycles. The van der Waals surface area contributed by atoms with Gasteiger partial charge in [-0.15, -0.1) is 0 Å². The molecule has 184 valence electrons. The van der Waals surface area contributed by atoms with Gasteiger partial charge in [0.15, 0.2) is 0 Å². The first-order valence-corrected chi connectivity index (χ1v) is 12.4. The van der Waals surface area contributed by atoms with Crippen molar-refractivity contribution < 1.29 is 10.2 Å². The number of aromatic nitrogens is 4. The molecule has 0 atom stereocenters. The third kappa shape index (κ3) is 3.94. The molecule has 7 rings (SSSR count). The van der Waals surface area contributed by atoms with E-state index in [0.717, 1.165) is 66.4 Å². The Labute approximate surface area is 217 Å². The SMILES string of the molecule is Oc1ccc(C2=c3ccc([nH]3)=Cc3ccc([nH]3)C(c3ccc(O)cc3)=c3ccc([nH]3)=Cc3ccc2[nH]3)cc1. The molecule has 6 heteroatoms. The summed E-state index contributed by atoms with van der Waals surface area (Å²) in [5.41, 5.74) is 7.86. The van der Waals surface area contributed by atoms with Gasteiger partial charge in [-0.2, -0.15) is 0 Å². The Morgan fingerprint density at radius 3 is 1.24 bits per heavy atom. The third-order valence-corrected chi connectivity index (χ3v) is 6.85. The zero-order chi connectivity index (χ0) is 25.6. The summed E-state index contributed by atoms with van der Waals surface area (Å²) in [6.45, 7) is 0. The van der Waals surface area contributed by atoms with Gasteiger partial charge < -0.3 is 30.1 Å². The molecular weight excluding hydrogens is 472 g/mol. The molecule has 6 nitrogen and oxygen atoms in total. The van der Waals surface area contributed by atoms with Crippen molar-refractivity contribution in [3.05, 3.63) is 152 Å². The summed E-state index contributed by atoms with van der Waals surface area (Å²) in [4.78, 5) is 14.2. The van der Waals surface area contributed by atoms with Gasteiger partial charge in [0.2, 0.25) is 0 Å². The minimum atomic E-state index is 0.233. The highest BCUT2D eigenvalue weighted by Crippen LogP contribution is 2.24. The normalized spacial score (nSPS) is 12.7. The van der Waals surface area contributed by atoms with Crippen LogP contribution in [0.15, 0.2) is 97.1 Å². The van der Waals surface area contributed by atoms with Gasteiger partial charge in [-0.05, 0) is 96.1 Å². The summed E-state index contributed by atoms with van der Waals surface area (Å²) in [5, 5.41) is 23.6. The van der Waals surface area contributed by atoms with E-state index in [1.54, 1.807) is 24.3 Å². The van der Waals surface area contributed by atoms with Gasteiger partial charge in [-0.25, -0.2) is 0 Å². The standard InChI is InChI=1S/C32H24N4O2/c37-25-9-1-19(2-10-25)31-27-13-5-21(33-27)17-23-7-15-29(35-23)32(20-3-11-26(38)12-4-20)30-16-8-24(36-30)18-22-6-14-28(31)34-22/h1-18,33-38H. The summed E-state index contributed by atoms with van der Waals surface area (Å²) < 4.78 is 0. The quantitative estimate of drug-likeness (QED) is 0.222. The summed E-state index contributed by atoms with van der Waals surface area (Å²) >= 11 is 0. The summed E-state index contributed by atoms with van der Waals surface area (Å²) in [6.07, 6.45) is 4.16. The Bertz CT molecular complexity index is 1880. The van der Waals surface area contributed by atoms with E-state index in [2.05, 4.69) is 80.6 Å². The van der Waals surface area contributed by atoms with Crippen molar-refractivity contribution in [2.45, 2.75) is 0 Å².